The third-order valence-corrected chi connectivity index (χ3v) is 6.03. The van der Waals surface area contributed by atoms with Gasteiger partial charge >= 0.3 is 0 Å². The second-order valence-corrected chi connectivity index (χ2v) is 8.91. The summed E-state index contributed by atoms with van der Waals surface area (Å²) < 4.78 is 0. The molecule has 0 aromatic carbocycles. The van der Waals surface area contributed by atoms with Crippen molar-refractivity contribution in [2.45, 2.75) is 25.9 Å². The molecule has 0 aliphatic heterocycles. The number of carbonyl (C=O) groups is 1. The molecule has 0 amide bonds. The summed E-state index contributed by atoms with van der Waals surface area (Å²) in [6, 6.07) is 3.96. The SMILES string of the molecule is CC(C)(C)C(=O)CSc1nc2scc(-c3cccs3)c2c(=O)[nH]1. The molecular weight excluding hydrogens is 348 g/mol. The number of H-pyrrole nitrogens is 1. The first-order chi connectivity index (χ1) is 10.9. The standard InChI is InChI=1S/C16H16N2O2S3/c1-16(2,3)11(19)8-23-15-17-13(20)12-9(7-22-14(12)18-15)10-5-4-6-21-10/h4-7H,8H2,1-3H3,(H,17,18,20). The Morgan fingerprint density at radius 3 is 2.78 bits per heavy atom. The van der Waals surface area contributed by atoms with Gasteiger partial charge in [-0.3, -0.25) is 9.59 Å². The van der Waals surface area contributed by atoms with E-state index in [0.717, 1.165) is 10.4 Å². The van der Waals surface area contributed by atoms with Crippen LogP contribution in [-0.4, -0.2) is 21.5 Å². The molecule has 0 fully saturated rings. The van der Waals surface area contributed by atoms with Crippen molar-refractivity contribution < 1.29 is 4.79 Å². The Hall–Kier alpha value is -1.44. The lowest BCUT2D eigenvalue weighted by molar-refractivity contribution is -0.123. The van der Waals surface area contributed by atoms with E-state index >= 15 is 0 Å². The highest BCUT2D eigenvalue weighted by Gasteiger charge is 2.21. The fraction of sp³-hybridized carbons (Fsp3) is 0.312. The summed E-state index contributed by atoms with van der Waals surface area (Å²) in [5, 5.41) is 5.08. The van der Waals surface area contributed by atoms with Crippen LogP contribution in [0.25, 0.3) is 20.7 Å². The molecule has 0 saturated heterocycles. The number of thiophene rings is 2. The second-order valence-electron chi connectivity index (χ2n) is 6.14. The zero-order valence-electron chi connectivity index (χ0n) is 13.0. The number of thioether (sulfide) groups is 1. The van der Waals surface area contributed by atoms with Gasteiger partial charge in [-0.2, -0.15) is 0 Å². The van der Waals surface area contributed by atoms with Crippen molar-refractivity contribution in [3.8, 4) is 10.4 Å². The number of carbonyl (C=O) groups excluding carboxylic acids is 1. The third kappa shape index (κ3) is 3.41. The highest BCUT2D eigenvalue weighted by molar-refractivity contribution is 7.99. The highest BCUT2D eigenvalue weighted by atomic mass is 32.2. The van der Waals surface area contributed by atoms with Gasteiger partial charge in [-0.1, -0.05) is 38.6 Å². The molecule has 0 spiro atoms. The Morgan fingerprint density at radius 1 is 1.35 bits per heavy atom. The lowest BCUT2D eigenvalue weighted by Crippen LogP contribution is -2.22. The smallest absolute Gasteiger partial charge is 0.260 e. The summed E-state index contributed by atoms with van der Waals surface area (Å²) in [7, 11) is 0. The van der Waals surface area contributed by atoms with Crippen molar-refractivity contribution in [2.75, 3.05) is 5.75 Å². The minimum atomic E-state index is -0.382. The van der Waals surface area contributed by atoms with E-state index in [2.05, 4.69) is 9.97 Å². The minimum absolute atomic E-state index is 0.135. The quantitative estimate of drug-likeness (QED) is 0.550. The molecule has 0 saturated carbocycles. The van der Waals surface area contributed by atoms with Gasteiger partial charge < -0.3 is 4.98 Å². The van der Waals surface area contributed by atoms with Crippen LogP contribution in [0.5, 0.6) is 0 Å². The largest absolute Gasteiger partial charge is 0.301 e. The molecule has 0 bridgehead atoms. The average Bonchev–Trinajstić information content (AvgIpc) is 3.12. The van der Waals surface area contributed by atoms with Crippen LogP contribution >= 0.6 is 34.4 Å². The van der Waals surface area contributed by atoms with E-state index in [1.54, 1.807) is 11.3 Å². The summed E-state index contributed by atoms with van der Waals surface area (Å²) in [6.45, 7) is 5.67. The zero-order valence-corrected chi connectivity index (χ0v) is 15.5. The number of ketones is 1. The average molecular weight is 365 g/mol. The maximum absolute atomic E-state index is 12.4. The van der Waals surface area contributed by atoms with Gasteiger partial charge in [-0.15, -0.1) is 22.7 Å². The van der Waals surface area contributed by atoms with Crippen molar-refractivity contribution >= 4 is 50.4 Å². The van der Waals surface area contributed by atoms with E-state index < -0.39 is 0 Å². The number of hydrogen-bond donors (Lipinski definition) is 1. The van der Waals surface area contributed by atoms with Gasteiger partial charge in [0.15, 0.2) is 5.16 Å². The number of nitrogens with zero attached hydrogens (tertiary/aromatic N) is 1. The maximum Gasteiger partial charge on any atom is 0.260 e. The maximum atomic E-state index is 12.4. The van der Waals surface area contributed by atoms with Crippen molar-refractivity contribution in [1.82, 2.24) is 9.97 Å². The molecule has 7 heteroatoms. The molecule has 120 valence electrons. The molecule has 0 aliphatic rings. The normalized spacial score (nSPS) is 12.0. The number of hydrogen-bond acceptors (Lipinski definition) is 6. The molecule has 0 unspecified atom stereocenters. The van der Waals surface area contributed by atoms with E-state index in [0.29, 0.717) is 21.1 Å². The van der Waals surface area contributed by atoms with Crippen LogP contribution in [0.4, 0.5) is 0 Å². The van der Waals surface area contributed by atoms with Crippen molar-refractivity contribution in [2.24, 2.45) is 5.41 Å². The minimum Gasteiger partial charge on any atom is -0.301 e. The van der Waals surface area contributed by atoms with Gasteiger partial charge in [-0.05, 0) is 11.4 Å². The van der Waals surface area contributed by atoms with Crippen LogP contribution in [0, 0.1) is 5.41 Å². The number of fused-ring (bicyclic) bond motifs is 1. The fourth-order valence-corrected chi connectivity index (χ4v) is 4.80. The van der Waals surface area contributed by atoms with Gasteiger partial charge in [0.1, 0.15) is 10.6 Å². The summed E-state index contributed by atoms with van der Waals surface area (Å²) in [5.74, 6) is 0.442. The Morgan fingerprint density at radius 2 is 2.13 bits per heavy atom. The molecule has 0 atom stereocenters. The van der Waals surface area contributed by atoms with Crippen molar-refractivity contribution in [3.05, 3.63) is 33.2 Å². The monoisotopic (exact) mass is 364 g/mol. The Balaban J connectivity index is 1.91. The Kier molecular flexibility index (Phi) is 4.44. The first-order valence-electron chi connectivity index (χ1n) is 7.08. The molecule has 0 radical (unpaired) electrons. The van der Waals surface area contributed by atoms with Crippen LogP contribution in [0.2, 0.25) is 0 Å². The van der Waals surface area contributed by atoms with E-state index in [-0.39, 0.29) is 16.8 Å². The van der Waals surface area contributed by atoms with Crippen LogP contribution in [0.3, 0.4) is 0 Å². The molecule has 3 heterocycles. The van der Waals surface area contributed by atoms with Crippen LogP contribution in [0.15, 0.2) is 32.8 Å². The van der Waals surface area contributed by atoms with Crippen LogP contribution in [0.1, 0.15) is 20.8 Å². The predicted molar refractivity (Wildman–Crippen MR) is 98.7 cm³/mol. The lowest BCUT2D eigenvalue weighted by Gasteiger charge is -2.15. The Labute approximate surface area is 146 Å². The molecule has 4 nitrogen and oxygen atoms in total. The lowest BCUT2D eigenvalue weighted by atomic mass is 9.92. The molecule has 0 aliphatic carbocycles. The number of rotatable bonds is 4. The van der Waals surface area contributed by atoms with E-state index in [9.17, 15) is 9.59 Å². The topological polar surface area (TPSA) is 62.8 Å². The van der Waals surface area contributed by atoms with Crippen molar-refractivity contribution in [1.29, 1.82) is 0 Å². The summed E-state index contributed by atoms with van der Waals surface area (Å²) >= 11 is 4.34. The summed E-state index contributed by atoms with van der Waals surface area (Å²) in [4.78, 5) is 33.5. The number of aromatic amines is 1. The zero-order chi connectivity index (χ0) is 16.6. The molecule has 3 aromatic rings. The van der Waals surface area contributed by atoms with Gasteiger partial charge in [0.2, 0.25) is 0 Å². The van der Waals surface area contributed by atoms with E-state index in [1.165, 1.54) is 23.1 Å². The van der Waals surface area contributed by atoms with Gasteiger partial charge in [0.05, 0.1) is 11.1 Å². The summed E-state index contributed by atoms with van der Waals surface area (Å²) in [5.41, 5.74) is 0.397. The first kappa shape index (κ1) is 16.4. The predicted octanol–water partition coefficient (Wildman–Crippen LogP) is 4.42. The van der Waals surface area contributed by atoms with Crippen LogP contribution < -0.4 is 5.56 Å². The molecule has 3 rings (SSSR count). The van der Waals surface area contributed by atoms with Crippen LogP contribution in [-0.2, 0) is 4.79 Å². The van der Waals surface area contributed by atoms with Gasteiger partial charge in [0, 0.05) is 21.2 Å². The van der Waals surface area contributed by atoms with E-state index in [4.69, 9.17) is 0 Å². The van der Waals surface area contributed by atoms with Gasteiger partial charge in [-0.25, -0.2) is 4.98 Å². The third-order valence-electron chi connectivity index (χ3n) is 3.39. The molecular formula is C16H16N2O2S3. The first-order valence-corrected chi connectivity index (χ1v) is 9.82. The highest BCUT2D eigenvalue weighted by Crippen LogP contribution is 2.34. The van der Waals surface area contributed by atoms with Gasteiger partial charge in [0.25, 0.3) is 5.56 Å². The number of aromatic nitrogens is 2. The van der Waals surface area contributed by atoms with Crippen molar-refractivity contribution in [3.63, 3.8) is 0 Å². The Bertz CT molecular complexity index is 902. The number of Topliss-reactive ketones (excluding diaryl/α,β-unsaturated/α-hetero) is 1. The second kappa shape index (κ2) is 6.22. The molecule has 3 aromatic heterocycles. The number of nitrogens with one attached hydrogen (secondary N) is 1. The fourth-order valence-electron chi connectivity index (χ4n) is 1.96. The molecule has 23 heavy (non-hydrogen) atoms. The van der Waals surface area contributed by atoms with E-state index in [1.807, 2.05) is 43.7 Å². The molecule has 1 N–H and O–H groups in total. The summed E-state index contributed by atoms with van der Waals surface area (Å²) in [6.07, 6.45) is 0.